The lowest BCUT2D eigenvalue weighted by molar-refractivity contribution is 0.535. The predicted molar refractivity (Wildman–Crippen MR) is 66.2 cm³/mol. The topological polar surface area (TPSA) is 41.8 Å². The molecule has 0 spiro atoms. The van der Waals surface area contributed by atoms with Crippen LogP contribution in [0.15, 0.2) is 39.5 Å². The minimum absolute atomic E-state index is 0.680. The zero-order valence-corrected chi connectivity index (χ0v) is 10.2. The van der Waals surface area contributed by atoms with Crippen LogP contribution in [0.4, 0.5) is 0 Å². The normalized spacial score (nSPS) is 11.1. The molecule has 3 aromatic rings. The number of halogens is 1. The molecule has 3 nitrogen and oxygen atoms in total. The second-order valence-corrected chi connectivity index (χ2v) is 4.55. The van der Waals surface area contributed by atoms with Crippen LogP contribution in [0.1, 0.15) is 5.89 Å². The van der Waals surface area contributed by atoms with E-state index in [-0.39, 0.29) is 0 Å². The maximum Gasteiger partial charge on any atom is 0.191 e. The Morgan fingerprint density at radius 2 is 2.25 bits per heavy atom. The van der Waals surface area contributed by atoms with Crippen LogP contribution in [0.2, 0.25) is 0 Å². The van der Waals surface area contributed by atoms with Crippen LogP contribution in [0.3, 0.4) is 0 Å². The number of nitrogens with one attached hydrogen (secondary N) is 1. The summed E-state index contributed by atoms with van der Waals surface area (Å²) in [5, 5.41) is 1.13. The van der Waals surface area contributed by atoms with Crippen LogP contribution in [0, 0.1) is 6.92 Å². The molecule has 1 N–H and O–H groups in total. The summed E-state index contributed by atoms with van der Waals surface area (Å²) in [4.78, 5) is 7.32. The molecule has 4 heteroatoms. The summed E-state index contributed by atoms with van der Waals surface area (Å²) in [5.41, 5.74) is 2.13. The van der Waals surface area contributed by atoms with Gasteiger partial charge in [-0.15, -0.1) is 0 Å². The van der Waals surface area contributed by atoms with Gasteiger partial charge in [0, 0.05) is 34.1 Å². The monoisotopic (exact) mass is 276 g/mol. The van der Waals surface area contributed by atoms with Crippen molar-refractivity contribution in [3.63, 3.8) is 0 Å². The lowest BCUT2D eigenvalue weighted by Crippen LogP contribution is -1.71. The van der Waals surface area contributed by atoms with E-state index in [4.69, 9.17) is 4.42 Å². The number of benzene rings is 1. The summed E-state index contributed by atoms with van der Waals surface area (Å²) >= 11 is 3.47. The van der Waals surface area contributed by atoms with E-state index in [1.807, 2.05) is 25.3 Å². The highest BCUT2D eigenvalue weighted by molar-refractivity contribution is 9.10. The second kappa shape index (κ2) is 3.49. The SMILES string of the molecule is Cc1ncc(-c2c[nH]c3ccc(Br)cc23)o1. The molecule has 0 amide bonds. The molecular formula is C12H9BrN2O. The average Bonchev–Trinajstić information content (AvgIpc) is 2.83. The zero-order chi connectivity index (χ0) is 11.1. The molecule has 0 aliphatic rings. The first-order valence-corrected chi connectivity index (χ1v) is 5.73. The first-order chi connectivity index (χ1) is 7.74. The summed E-state index contributed by atoms with van der Waals surface area (Å²) < 4.78 is 6.58. The largest absolute Gasteiger partial charge is 0.441 e. The standard InChI is InChI=1S/C12H9BrN2O/c1-7-14-6-12(16-7)10-5-15-11-3-2-8(13)4-9(10)11/h2-6,15H,1H3. The van der Waals surface area contributed by atoms with Gasteiger partial charge in [-0.2, -0.15) is 0 Å². The third-order valence-electron chi connectivity index (χ3n) is 2.53. The van der Waals surface area contributed by atoms with E-state index in [0.717, 1.165) is 26.7 Å². The third-order valence-corrected chi connectivity index (χ3v) is 3.02. The fraction of sp³-hybridized carbons (Fsp3) is 0.0833. The van der Waals surface area contributed by atoms with Gasteiger partial charge in [-0.25, -0.2) is 4.98 Å². The molecule has 0 unspecified atom stereocenters. The number of aryl methyl sites for hydroxylation is 1. The van der Waals surface area contributed by atoms with Gasteiger partial charge in [0.25, 0.3) is 0 Å². The Kier molecular flexibility index (Phi) is 2.11. The number of nitrogens with zero attached hydrogens (tertiary/aromatic N) is 1. The van der Waals surface area contributed by atoms with Gasteiger partial charge in [0.2, 0.25) is 0 Å². The average molecular weight is 277 g/mol. The van der Waals surface area contributed by atoms with Crippen LogP contribution >= 0.6 is 15.9 Å². The second-order valence-electron chi connectivity index (χ2n) is 3.64. The maximum absolute atomic E-state index is 5.53. The van der Waals surface area contributed by atoms with Crippen LogP contribution in [-0.2, 0) is 0 Å². The van der Waals surface area contributed by atoms with Crippen LogP contribution < -0.4 is 0 Å². The molecule has 0 aliphatic heterocycles. The highest BCUT2D eigenvalue weighted by atomic mass is 79.9. The van der Waals surface area contributed by atoms with E-state index >= 15 is 0 Å². The number of hydrogen-bond acceptors (Lipinski definition) is 2. The van der Waals surface area contributed by atoms with Gasteiger partial charge >= 0.3 is 0 Å². The maximum atomic E-state index is 5.53. The van der Waals surface area contributed by atoms with E-state index in [0.29, 0.717) is 5.89 Å². The number of H-pyrrole nitrogens is 1. The molecule has 16 heavy (non-hydrogen) atoms. The zero-order valence-electron chi connectivity index (χ0n) is 8.62. The molecule has 80 valence electrons. The van der Waals surface area contributed by atoms with Gasteiger partial charge in [-0.3, -0.25) is 0 Å². The summed E-state index contributed by atoms with van der Waals surface area (Å²) in [6.45, 7) is 1.84. The Morgan fingerprint density at radius 1 is 1.38 bits per heavy atom. The fourth-order valence-electron chi connectivity index (χ4n) is 1.78. The quantitative estimate of drug-likeness (QED) is 0.733. The Hall–Kier alpha value is -1.55. The van der Waals surface area contributed by atoms with E-state index in [1.54, 1.807) is 6.20 Å². The minimum Gasteiger partial charge on any atom is -0.441 e. The van der Waals surface area contributed by atoms with Crippen molar-refractivity contribution in [1.29, 1.82) is 0 Å². The number of fused-ring (bicyclic) bond motifs is 1. The summed E-state index contributed by atoms with van der Waals surface area (Å²) in [7, 11) is 0. The van der Waals surface area contributed by atoms with Gasteiger partial charge < -0.3 is 9.40 Å². The molecule has 0 saturated carbocycles. The molecular weight excluding hydrogens is 268 g/mol. The smallest absolute Gasteiger partial charge is 0.191 e. The van der Waals surface area contributed by atoms with Gasteiger partial charge in [-0.1, -0.05) is 15.9 Å². The van der Waals surface area contributed by atoms with E-state index in [2.05, 4.69) is 32.0 Å². The Balaban J connectivity index is 2.27. The lowest BCUT2D eigenvalue weighted by atomic mass is 10.1. The Bertz CT molecular complexity index is 654. The van der Waals surface area contributed by atoms with Crippen molar-refractivity contribution in [3.05, 3.63) is 41.0 Å². The molecule has 0 radical (unpaired) electrons. The molecule has 0 atom stereocenters. The highest BCUT2D eigenvalue weighted by Crippen LogP contribution is 2.30. The number of aromatic amines is 1. The van der Waals surface area contributed by atoms with Crippen molar-refractivity contribution in [1.82, 2.24) is 9.97 Å². The van der Waals surface area contributed by atoms with Gasteiger partial charge in [0.15, 0.2) is 11.7 Å². The first-order valence-electron chi connectivity index (χ1n) is 4.93. The summed E-state index contributed by atoms with van der Waals surface area (Å²) in [6, 6.07) is 6.11. The van der Waals surface area contributed by atoms with Crippen LogP contribution in [0.25, 0.3) is 22.2 Å². The van der Waals surface area contributed by atoms with E-state index in [9.17, 15) is 0 Å². The number of oxazole rings is 1. The minimum atomic E-state index is 0.680. The molecule has 0 saturated heterocycles. The first kappa shape index (κ1) is 9.66. The van der Waals surface area contributed by atoms with Crippen LogP contribution in [-0.4, -0.2) is 9.97 Å². The lowest BCUT2D eigenvalue weighted by Gasteiger charge is -1.95. The number of hydrogen-bond donors (Lipinski definition) is 1. The predicted octanol–water partition coefficient (Wildman–Crippen LogP) is 3.89. The van der Waals surface area contributed by atoms with Crippen molar-refractivity contribution >= 4 is 26.8 Å². The summed E-state index contributed by atoms with van der Waals surface area (Å²) in [5.74, 6) is 1.47. The molecule has 0 bridgehead atoms. The van der Waals surface area contributed by atoms with Crippen molar-refractivity contribution in [2.24, 2.45) is 0 Å². The Morgan fingerprint density at radius 3 is 3.00 bits per heavy atom. The van der Waals surface area contributed by atoms with Crippen molar-refractivity contribution in [2.75, 3.05) is 0 Å². The molecule has 2 aromatic heterocycles. The van der Waals surface area contributed by atoms with Gasteiger partial charge in [0.05, 0.1) is 6.20 Å². The van der Waals surface area contributed by atoms with Gasteiger partial charge in [-0.05, 0) is 18.2 Å². The van der Waals surface area contributed by atoms with Crippen molar-refractivity contribution < 1.29 is 4.42 Å². The van der Waals surface area contributed by atoms with E-state index < -0.39 is 0 Å². The fourth-order valence-corrected chi connectivity index (χ4v) is 2.14. The summed E-state index contributed by atoms with van der Waals surface area (Å²) in [6.07, 6.45) is 3.69. The van der Waals surface area contributed by atoms with E-state index in [1.165, 1.54) is 0 Å². The van der Waals surface area contributed by atoms with Gasteiger partial charge in [0.1, 0.15) is 0 Å². The molecule has 1 aromatic carbocycles. The van der Waals surface area contributed by atoms with Crippen LogP contribution in [0.5, 0.6) is 0 Å². The van der Waals surface area contributed by atoms with Crippen molar-refractivity contribution in [3.8, 4) is 11.3 Å². The third kappa shape index (κ3) is 1.46. The van der Waals surface area contributed by atoms with Crippen molar-refractivity contribution in [2.45, 2.75) is 6.92 Å². The molecule has 0 aliphatic carbocycles. The number of aromatic nitrogens is 2. The molecule has 0 fully saturated rings. The number of rotatable bonds is 1. The Labute approximate surface area is 101 Å². The highest BCUT2D eigenvalue weighted by Gasteiger charge is 2.10. The molecule has 2 heterocycles. The molecule has 3 rings (SSSR count).